The van der Waals surface area contributed by atoms with Crippen molar-refractivity contribution in [3.8, 4) is 22.4 Å². The third kappa shape index (κ3) is 4.20. The van der Waals surface area contributed by atoms with E-state index in [1.54, 1.807) is 18.7 Å². The van der Waals surface area contributed by atoms with Crippen LogP contribution >= 0.6 is 0 Å². The Morgan fingerprint density at radius 3 is 2.47 bits per heavy atom. The molecule has 5 aromatic rings. The predicted molar refractivity (Wildman–Crippen MR) is 135 cm³/mol. The Bertz CT molecular complexity index is 1490. The van der Waals surface area contributed by atoms with Crippen molar-refractivity contribution >= 4 is 22.7 Å². The monoisotopic (exact) mass is 450 g/mol. The largest absolute Gasteiger partial charge is 0.464 e. The van der Waals surface area contributed by atoms with Gasteiger partial charge in [0, 0.05) is 41.0 Å². The van der Waals surface area contributed by atoms with E-state index in [2.05, 4.69) is 63.4 Å². The van der Waals surface area contributed by atoms with Crippen LogP contribution in [0.2, 0.25) is 0 Å². The third-order valence-electron chi connectivity index (χ3n) is 6.01. The highest BCUT2D eigenvalue weighted by Gasteiger charge is 2.13. The number of aryl methyl sites for hydroxylation is 3. The smallest absolute Gasteiger partial charge is 0.219 e. The highest BCUT2D eigenvalue weighted by Crippen LogP contribution is 2.30. The fourth-order valence-corrected chi connectivity index (χ4v) is 4.11. The molecule has 2 aromatic carbocycles. The Kier molecular flexibility index (Phi) is 5.45. The lowest BCUT2D eigenvalue weighted by Gasteiger charge is -2.18. The Balaban J connectivity index is 1.44. The molecule has 0 fully saturated rings. The minimum absolute atomic E-state index is 0.0230. The number of furan rings is 1. The van der Waals surface area contributed by atoms with Crippen molar-refractivity contribution in [2.24, 2.45) is 0 Å². The summed E-state index contributed by atoms with van der Waals surface area (Å²) in [6.07, 6.45) is 5.29. The summed E-state index contributed by atoms with van der Waals surface area (Å²) in [4.78, 5) is 17.6. The summed E-state index contributed by atoms with van der Waals surface area (Å²) in [6, 6.07) is 14.5. The maximum Gasteiger partial charge on any atom is 0.219 e. The van der Waals surface area contributed by atoms with Crippen molar-refractivity contribution in [2.75, 3.05) is 11.1 Å². The topological polar surface area (TPSA) is 103 Å². The average Bonchev–Trinajstić information content (AvgIpc) is 3.19. The van der Waals surface area contributed by atoms with E-state index in [1.807, 2.05) is 32.0 Å². The fourth-order valence-electron chi connectivity index (χ4n) is 4.11. The molecule has 3 aromatic heterocycles. The summed E-state index contributed by atoms with van der Waals surface area (Å²) in [6.45, 7) is 8.14. The molecular formula is C27H26N6O. The van der Waals surface area contributed by atoms with Gasteiger partial charge in [0.05, 0.1) is 12.0 Å². The quantitative estimate of drug-likeness (QED) is 0.337. The lowest BCUT2D eigenvalue weighted by atomic mass is 9.97. The van der Waals surface area contributed by atoms with Crippen LogP contribution in [0.1, 0.15) is 35.5 Å². The second kappa shape index (κ2) is 8.59. The summed E-state index contributed by atoms with van der Waals surface area (Å²) in [5, 5.41) is 4.63. The van der Waals surface area contributed by atoms with E-state index >= 15 is 0 Å². The normalized spacial score (nSPS) is 12.1. The molecule has 7 heteroatoms. The molecule has 170 valence electrons. The zero-order valence-corrected chi connectivity index (χ0v) is 19.6. The van der Waals surface area contributed by atoms with Gasteiger partial charge in [-0.05, 0) is 74.2 Å². The molecule has 1 atom stereocenters. The first-order valence-electron chi connectivity index (χ1n) is 11.2. The van der Waals surface area contributed by atoms with Gasteiger partial charge in [-0.1, -0.05) is 12.1 Å². The lowest BCUT2D eigenvalue weighted by Crippen LogP contribution is -2.09. The number of benzene rings is 2. The molecule has 34 heavy (non-hydrogen) atoms. The maximum absolute atomic E-state index is 5.65. The molecule has 0 aliphatic carbocycles. The van der Waals surface area contributed by atoms with Gasteiger partial charge < -0.3 is 15.5 Å². The maximum atomic E-state index is 5.65. The number of fused-ring (bicyclic) bond motifs is 1. The van der Waals surface area contributed by atoms with Crippen molar-refractivity contribution in [3.63, 3.8) is 0 Å². The van der Waals surface area contributed by atoms with Gasteiger partial charge in [0.15, 0.2) is 0 Å². The number of nitrogens with one attached hydrogen (secondary N) is 1. The number of anilines is 2. The Morgan fingerprint density at radius 1 is 0.882 bits per heavy atom. The number of nitrogens with two attached hydrogens (primary N) is 1. The highest BCUT2D eigenvalue weighted by molar-refractivity contribution is 5.85. The van der Waals surface area contributed by atoms with Crippen molar-refractivity contribution in [2.45, 2.75) is 33.7 Å². The molecule has 3 N–H and O–H groups in total. The van der Waals surface area contributed by atoms with Gasteiger partial charge in [0.25, 0.3) is 0 Å². The SMILES string of the molecule is Cc1nc(NC(C)c2ccc(C)c(-c3cnc(N)nc3)c2)cc(-c2ccc3occ(C)c3c2)n1. The lowest BCUT2D eigenvalue weighted by molar-refractivity contribution is 0.613. The third-order valence-corrected chi connectivity index (χ3v) is 6.01. The number of aromatic nitrogens is 4. The molecule has 0 bridgehead atoms. The van der Waals surface area contributed by atoms with Gasteiger partial charge >= 0.3 is 0 Å². The van der Waals surface area contributed by atoms with Gasteiger partial charge in [-0.25, -0.2) is 19.9 Å². The standard InChI is InChI=1S/C27H26N6O/c1-15-5-6-19(9-22(15)21-12-29-27(28)30-13-21)17(3)31-26-11-24(32-18(4)33-26)20-7-8-25-23(10-20)16(2)14-34-25/h5-14,17H,1-4H3,(H2,28,29,30)(H,31,32,33). The first kappa shape index (κ1) is 21.6. The second-order valence-electron chi connectivity index (χ2n) is 8.59. The van der Waals surface area contributed by atoms with E-state index in [-0.39, 0.29) is 12.0 Å². The molecule has 0 aliphatic rings. The first-order chi connectivity index (χ1) is 16.4. The molecule has 0 radical (unpaired) electrons. The van der Waals surface area contributed by atoms with Gasteiger partial charge in [-0.3, -0.25) is 0 Å². The Hall–Kier alpha value is -4.26. The average molecular weight is 451 g/mol. The van der Waals surface area contributed by atoms with E-state index < -0.39 is 0 Å². The van der Waals surface area contributed by atoms with Gasteiger partial charge in [-0.2, -0.15) is 0 Å². The van der Waals surface area contributed by atoms with E-state index in [9.17, 15) is 0 Å². The molecule has 0 saturated heterocycles. The van der Waals surface area contributed by atoms with E-state index in [4.69, 9.17) is 10.2 Å². The number of rotatable bonds is 5. The minimum atomic E-state index is 0.0230. The fraction of sp³-hybridized carbons (Fsp3) is 0.185. The highest BCUT2D eigenvalue weighted by atomic mass is 16.3. The summed E-state index contributed by atoms with van der Waals surface area (Å²) in [5.74, 6) is 1.75. The molecular weight excluding hydrogens is 424 g/mol. The van der Waals surface area contributed by atoms with Crippen LogP contribution in [0.15, 0.2) is 65.5 Å². The van der Waals surface area contributed by atoms with Crippen molar-refractivity contribution in [3.05, 3.63) is 83.6 Å². The zero-order valence-electron chi connectivity index (χ0n) is 19.6. The van der Waals surface area contributed by atoms with Crippen LogP contribution in [0.3, 0.4) is 0 Å². The molecule has 0 saturated carbocycles. The molecule has 1 unspecified atom stereocenters. The van der Waals surface area contributed by atoms with Crippen LogP contribution < -0.4 is 11.1 Å². The van der Waals surface area contributed by atoms with E-state index in [0.717, 1.165) is 55.9 Å². The molecule has 7 nitrogen and oxygen atoms in total. The zero-order chi connectivity index (χ0) is 23.8. The molecule has 0 spiro atoms. The van der Waals surface area contributed by atoms with Crippen LogP contribution in [0, 0.1) is 20.8 Å². The van der Waals surface area contributed by atoms with Gasteiger partial charge in [0.1, 0.15) is 17.2 Å². The van der Waals surface area contributed by atoms with Gasteiger partial charge in [-0.15, -0.1) is 0 Å². The number of hydrogen-bond donors (Lipinski definition) is 2. The summed E-state index contributed by atoms with van der Waals surface area (Å²) in [5.41, 5.74) is 13.8. The van der Waals surface area contributed by atoms with Crippen LogP contribution in [0.5, 0.6) is 0 Å². The molecule has 3 heterocycles. The van der Waals surface area contributed by atoms with Crippen LogP contribution in [0.4, 0.5) is 11.8 Å². The Labute approximate surface area is 198 Å². The minimum Gasteiger partial charge on any atom is -0.464 e. The second-order valence-corrected chi connectivity index (χ2v) is 8.59. The van der Waals surface area contributed by atoms with Gasteiger partial charge in [0.2, 0.25) is 5.95 Å². The molecule has 5 rings (SSSR count). The van der Waals surface area contributed by atoms with Crippen molar-refractivity contribution in [1.29, 1.82) is 0 Å². The van der Waals surface area contributed by atoms with Crippen LogP contribution in [-0.2, 0) is 0 Å². The Morgan fingerprint density at radius 2 is 1.68 bits per heavy atom. The van der Waals surface area contributed by atoms with Crippen molar-refractivity contribution in [1.82, 2.24) is 19.9 Å². The first-order valence-corrected chi connectivity index (χ1v) is 11.2. The van der Waals surface area contributed by atoms with E-state index in [0.29, 0.717) is 5.82 Å². The molecule has 0 aliphatic heterocycles. The summed E-state index contributed by atoms with van der Waals surface area (Å²) < 4.78 is 5.59. The number of nitrogens with zero attached hydrogens (tertiary/aromatic N) is 4. The number of nitrogen functional groups attached to an aromatic ring is 1. The predicted octanol–water partition coefficient (Wildman–Crippen LogP) is 6.03. The van der Waals surface area contributed by atoms with Crippen molar-refractivity contribution < 1.29 is 4.42 Å². The van der Waals surface area contributed by atoms with Crippen LogP contribution in [0.25, 0.3) is 33.4 Å². The summed E-state index contributed by atoms with van der Waals surface area (Å²) in [7, 11) is 0. The summed E-state index contributed by atoms with van der Waals surface area (Å²) >= 11 is 0. The van der Waals surface area contributed by atoms with E-state index in [1.165, 1.54) is 0 Å². The van der Waals surface area contributed by atoms with Crippen LogP contribution in [-0.4, -0.2) is 19.9 Å². The molecule has 0 amide bonds. The number of hydrogen-bond acceptors (Lipinski definition) is 7.